The summed E-state index contributed by atoms with van der Waals surface area (Å²) in [4.78, 5) is 11.2. The van der Waals surface area contributed by atoms with Crippen LogP contribution in [0.5, 0.6) is 0 Å². The zero-order chi connectivity index (χ0) is 13.7. The Labute approximate surface area is 106 Å². The number of rotatable bonds is 3. The van der Waals surface area contributed by atoms with E-state index >= 15 is 0 Å². The number of carboxylic acids is 1. The number of nitrogens with two attached hydrogens (primary N) is 1. The average molecular weight is 269 g/mol. The maximum absolute atomic E-state index is 11.6. The van der Waals surface area contributed by atoms with Crippen molar-refractivity contribution in [3.05, 3.63) is 35.4 Å². The normalized spacial score (nSPS) is 31.1. The topological polar surface area (TPSA) is 97.5 Å². The molecule has 1 saturated carbocycles. The molecule has 1 fully saturated rings. The van der Waals surface area contributed by atoms with Crippen molar-refractivity contribution in [1.82, 2.24) is 0 Å². The minimum absolute atomic E-state index is 0.654. The van der Waals surface area contributed by atoms with Gasteiger partial charge in [-0.1, -0.05) is 29.8 Å². The molecule has 1 aliphatic carbocycles. The Kier molecular flexibility index (Phi) is 2.75. The molecule has 1 aliphatic rings. The molecule has 3 unspecified atom stereocenters. The van der Waals surface area contributed by atoms with Gasteiger partial charge in [0, 0.05) is 12.2 Å². The first-order valence-corrected chi connectivity index (χ1v) is 7.42. The Bertz CT molecular complexity index is 593. The van der Waals surface area contributed by atoms with Gasteiger partial charge in [0.1, 0.15) is 5.54 Å². The Balaban J connectivity index is 2.45. The highest BCUT2D eigenvalue weighted by molar-refractivity contribution is 7.91. The lowest BCUT2D eigenvalue weighted by atomic mass is 10.1. The van der Waals surface area contributed by atoms with Crippen molar-refractivity contribution in [3.8, 4) is 0 Å². The summed E-state index contributed by atoms with van der Waals surface area (Å²) in [7, 11) is -3.50. The Morgan fingerprint density at radius 1 is 1.33 bits per heavy atom. The van der Waals surface area contributed by atoms with Crippen molar-refractivity contribution >= 4 is 15.8 Å². The first-order chi connectivity index (χ1) is 8.19. The van der Waals surface area contributed by atoms with Gasteiger partial charge < -0.3 is 10.8 Å². The van der Waals surface area contributed by atoms with Crippen molar-refractivity contribution in [2.45, 2.75) is 23.6 Å². The van der Waals surface area contributed by atoms with Crippen molar-refractivity contribution in [1.29, 1.82) is 0 Å². The van der Waals surface area contributed by atoms with Gasteiger partial charge in [-0.2, -0.15) is 0 Å². The lowest BCUT2D eigenvalue weighted by Gasteiger charge is -2.05. The monoisotopic (exact) mass is 269 g/mol. The predicted octanol–water partition coefficient (Wildman–Crippen LogP) is 0.288. The van der Waals surface area contributed by atoms with Crippen LogP contribution in [0.4, 0.5) is 0 Å². The highest BCUT2D eigenvalue weighted by Crippen LogP contribution is 2.54. The summed E-state index contributed by atoms with van der Waals surface area (Å²) in [5, 5.41) is 8.09. The third-order valence-electron chi connectivity index (χ3n) is 3.45. The second-order valence-corrected chi connectivity index (χ2v) is 7.04. The maximum Gasteiger partial charge on any atom is 0.325 e. The van der Waals surface area contributed by atoms with E-state index in [2.05, 4.69) is 0 Å². The van der Waals surface area contributed by atoms with Crippen molar-refractivity contribution in [2.75, 3.05) is 6.26 Å². The number of hydrogen-bond donors (Lipinski definition) is 2. The molecule has 6 heteroatoms. The zero-order valence-electron chi connectivity index (χ0n) is 10.1. The van der Waals surface area contributed by atoms with Crippen molar-refractivity contribution in [3.63, 3.8) is 0 Å². The summed E-state index contributed by atoms with van der Waals surface area (Å²) in [5.74, 6) is -1.95. The third-order valence-corrected chi connectivity index (χ3v) is 5.03. The van der Waals surface area contributed by atoms with Gasteiger partial charge in [0.15, 0.2) is 9.84 Å². The zero-order valence-corrected chi connectivity index (χ0v) is 10.9. The minimum Gasteiger partial charge on any atom is -0.480 e. The number of hydrogen-bond acceptors (Lipinski definition) is 4. The number of benzene rings is 1. The number of aliphatic carboxylic acids is 1. The fourth-order valence-electron chi connectivity index (χ4n) is 2.45. The Morgan fingerprint density at radius 2 is 1.83 bits per heavy atom. The summed E-state index contributed by atoms with van der Waals surface area (Å²) >= 11 is 0. The molecule has 0 aromatic heterocycles. The lowest BCUT2D eigenvalue weighted by Crippen LogP contribution is -2.39. The van der Waals surface area contributed by atoms with Crippen LogP contribution in [0.2, 0.25) is 0 Å². The molecule has 3 N–H and O–H groups in total. The highest BCUT2D eigenvalue weighted by Gasteiger charge is 2.73. The molecule has 2 rings (SSSR count). The van der Waals surface area contributed by atoms with Crippen molar-refractivity contribution < 1.29 is 18.3 Å². The standard InChI is InChI=1S/C12H15NO4S/c1-7-3-5-8(6-4-7)9-10(18(2,16)17)12(9,13)11(14)15/h3-6,9-10H,13H2,1-2H3,(H,14,15). The molecule has 0 aliphatic heterocycles. The van der Waals surface area contributed by atoms with Crippen LogP contribution in [0.3, 0.4) is 0 Å². The van der Waals surface area contributed by atoms with Crippen LogP contribution in [0, 0.1) is 6.92 Å². The van der Waals surface area contributed by atoms with Gasteiger partial charge >= 0.3 is 5.97 Å². The first-order valence-electron chi connectivity index (χ1n) is 5.46. The van der Waals surface area contributed by atoms with Crippen LogP contribution in [0.25, 0.3) is 0 Å². The van der Waals surface area contributed by atoms with E-state index < -0.39 is 32.5 Å². The Morgan fingerprint density at radius 3 is 2.17 bits per heavy atom. The molecular weight excluding hydrogens is 254 g/mol. The predicted molar refractivity (Wildman–Crippen MR) is 67.1 cm³/mol. The lowest BCUT2D eigenvalue weighted by molar-refractivity contribution is -0.139. The second-order valence-electron chi connectivity index (χ2n) is 4.88. The molecule has 0 heterocycles. The van der Waals surface area contributed by atoms with Gasteiger partial charge in [-0.15, -0.1) is 0 Å². The van der Waals surface area contributed by atoms with E-state index in [1.165, 1.54) is 0 Å². The van der Waals surface area contributed by atoms with Gasteiger partial charge in [-0.3, -0.25) is 4.79 Å². The number of aryl methyl sites for hydroxylation is 1. The highest BCUT2D eigenvalue weighted by atomic mass is 32.2. The quantitative estimate of drug-likeness (QED) is 0.821. The van der Waals surface area contributed by atoms with E-state index in [-0.39, 0.29) is 0 Å². The smallest absolute Gasteiger partial charge is 0.325 e. The fourth-order valence-corrected chi connectivity index (χ4v) is 4.21. The largest absolute Gasteiger partial charge is 0.480 e. The number of carbonyl (C=O) groups is 1. The molecule has 18 heavy (non-hydrogen) atoms. The van der Waals surface area contributed by atoms with E-state index in [0.717, 1.165) is 11.8 Å². The average Bonchev–Trinajstić information content (AvgIpc) is 2.87. The molecule has 0 radical (unpaired) electrons. The summed E-state index contributed by atoms with van der Waals surface area (Å²) in [6.07, 6.45) is 1.02. The van der Waals surface area contributed by atoms with Crippen molar-refractivity contribution in [2.24, 2.45) is 5.73 Å². The van der Waals surface area contributed by atoms with Crippen LogP contribution in [-0.4, -0.2) is 36.5 Å². The van der Waals surface area contributed by atoms with E-state index in [4.69, 9.17) is 10.8 Å². The molecular formula is C12H15NO4S. The summed E-state index contributed by atoms with van der Waals surface area (Å²) in [6, 6.07) is 7.09. The summed E-state index contributed by atoms with van der Waals surface area (Å²) in [6.45, 7) is 1.90. The SMILES string of the molecule is Cc1ccc(C2C(S(C)(=O)=O)C2(N)C(=O)O)cc1. The molecule has 5 nitrogen and oxygen atoms in total. The molecule has 1 aromatic carbocycles. The van der Waals surface area contributed by atoms with Gasteiger partial charge in [-0.05, 0) is 12.5 Å². The third kappa shape index (κ3) is 1.81. The van der Waals surface area contributed by atoms with E-state index in [1.807, 2.05) is 19.1 Å². The fraction of sp³-hybridized carbons (Fsp3) is 0.417. The van der Waals surface area contributed by atoms with Gasteiger partial charge in [0.2, 0.25) is 0 Å². The van der Waals surface area contributed by atoms with Crippen LogP contribution in [0.1, 0.15) is 17.0 Å². The molecule has 3 atom stereocenters. The van der Waals surface area contributed by atoms with Crippen LogP contribution in [0.15, 0.2) is 24.3 Å². The van der Waals surface area contributed by atoms with Crippen LogP contribution < -0.4 is 5.73 Å². The van der Waals surface area contributed by atoms with Gasteiger partial charge in [-0.25, -0.2) is 8.42 Å². The maximum atomic E-state index is 11.6. The van der Waals surface area contributed by atoms with E-state index in [0.29, 0.717) is 5.56 Å². The molecule has 0 bridgehead atoms. The van der Waals surface area contributed by atoms with Gasteiger partial charge in [0.05, 0.1) is 5.25 Å². The molecule has 98 valence electrons. The molecule has 1 aromatic rings. The molecule has 0 spiro atoms. The number of sulfone groups is 1. The number of carboxylic acid groups (broad SMARTS) is 1. The molecule has 0 amide bonds. The minimum atomic E-state index is -3.50. The molecule has 0 saturated heterocycles. The van der Waals surface area contributed by atoms with Gasteiger partial charge in [0.25, 0.3) is 0 Å². The summed E-state index contributed by atoms with van der Waals surface area (Å²) < 4.78 is 23.2. The summed E-state index contributed by atoms with van der Waals surface area (Å²) in [5.41, 5.74) is 5.73. The Hall–Kier alpha value is -1.40. The van der Waals surface area contributed by atoms with E-state index in [9.17, 15) is 13.2 Å². The second kappa shape index (κ2) is 3.80. The van der Waals surface area contributed by atoms with Crippen LogP contribution >= 0.6 is 0 Å². The first kappa shape index (κ1) is 13.0. The van der Waals surface area contributed by atoms with E-state index in [1.54, 1.807) is 12.1 Å². The van der Waals surface area contributed by atoms with Crippen LogP contribution in [-0.2, 0) is 14.6 Å².